The third kappa shape index (κ3) is 8.40. The van der Waals surface area contributed by atoms with Crippen LogP contribution in [0.5, 0.6) is 17.2 Å². The largest absolute Gasteiger partial charge is 0.508 e. The van der Waals surface area contributed by atoms with E-state index in [0.29, 0.717) is 32.4 Å². The topological polar surface area (TPSA) is 90.9 Å². The number of aromatic hydroxyl groups is 1. The molecule has 2 amide bonds. The van der Waals surface area contributed by atoms with Crippen molar-refractivity contribution in [2.24, 2.45) is 0 Å². The number of phenols is 1. The zero-order valence-corrected chi connectivity index (χ0v) is 23.3. The van der Waals surface area contributed by atoms with E-state index >= 15 is 0 Å². The summed E-state index contributed by atoms with van der Waals surface area (Å²) in [5, 5.41) is 15.8. The third-order valence-electron chi connectivity index (χ3n) is 6.62. The molecule has 3 N–H and O–H groups in total. The molecule has 1 aliphatic heterocycles. The molecule has 0 aromatic heterocycles. The fourth-order valence-corrected chi connectivity index (χ4v) is 4.67. The Kier molecular flexibility index (Phi) is 11.3. The summed E-state index contributed by atoms with van der Waals surface area (Å²) in [7, 11) is 0. The molecule has 0 saturated carbocycles. The van der Waals surface area contributed by atoms with Crippen molar-refractivity contribution in [3.8, 4) is 17.2 Å². The summed E-state index contributed by atoms with van der Waals surface area (Å²) in [5.74, 6) is 1.82. The summed E-state index contributed by atoms with van der Waals surface area (Å²) in [5.41, 5.74) is 3.10. The minimum absolute atomic E-state index is 0. The van der Waals surface area contributed by atoms with Crippen LogP contribution >= 0.6 is 0 Å². The second-order valence-electron chi connectivity index (χ2n) is 9.37. The molecule has 203 valence electrons. The zero-order valence-electron chi connectivity index (χ0n) is 21.6. The summed E-state index contributed by atoms with van der Waals surface area (Å²) < 4.78 is 6.32. The molecule has 0 aliphatic carbocycles. The smallest absolute Gasteiger partial charge is 0.223 e. The fourth-order valence-electron chi connectivity index (χ4n) is 4.67. The Hall–Kier alpha value is -3.22. The van der Waals surface area contributed by atoms with Gasteiger partial charge in [-0.15, -0.1) is 0 Å². The van der Waals surface area contributed by atoms with Crippen LogP contribution in [0.2, 0.25) is 0 Å². The van der Waals surface area contributed by atoms with Gasteiger partial charge in [0.15, 0.2) is 0 Å². The van der Waals surface area contributed by atoms with Crippen LogP contribution in [0.3, 0.4) is 0 Å². The molecule has 3 aromatic carbocycles. The number of benzene rings is 3. The molecule has 8 heteroatoms. The molecule has 4 rings (SSSR count). The van der Waals surface area contributed by atoms with Crippen molar-refractivity contribution >= 4 is 11.8 Å². The van der Waals surface area contributed by atoms with Crippen molar-refractivity contribution in [2.75, 3.05) is 26.2 Å². The van der Waals surface area contributed by atoms with Gasteiger partial charge in [-0.2, -0.15) is 0 Å². The van der Waals surface area contributed by atoms with Crippen LogP contribution in [0.1, 0.15) is 30.0 Å². The predicted octanol–water partition coefficient (Wildman–Crippen LogP) is 3.84. The van der Waals surface area contributed by atoms with E-state index in [1.807, 2.05) is 65.6 Å². The maximum Gasteiger partial charge on any atom is 0.223 e. The van der Waals surface area contributed by atoms with E-state index in [2.05, 4.69) is 10.6 Å². The number of nitrogens with zero attached hydrogens (tertiary/aromatic N) is 1. The Balaban J connectivity index is 0.00000400. The number of para-hydroxylation sites is 2. The summed E-state index contributed by atoms with van der Waals surface area (Å²) in [6, 6.07) is 22.9. The minimum Gasteiger partial charge on any atom is -0.508 e. The fraction of sp³-hybridized carbons (Fsp3) is 0.333. The van der Waals surface area contributed by atoms with Gasteiger partial charge in [0.1, 0.15) is 17.2 Å². The Morgan fingerprint density at radius 3 is 2.26 bits per heavy atom. The number of carbonyl (C=O) groups is 2. The van der Waals surface area contributed by atoms with Gasteiger partial charge in [-0.25, -0.2) is 0 Å². The minimum atomic E-state index is -0.0526. The summed E-state index contributed by atoms with van der Waals surface area (Å²) in [6.45, 7) is 4.27. The van der Waals surface area contributed by atoms with Crippen LogP contribution in [-0.2, 0) is 48.3 Å². The number of piperazine rings is 1. The number of rotatable bonds is 10. The first-order valence-electron chi connectivity index (χ1n) is 12.9. The first-order valence-corrected chi connectivity index (χ1v) is 12.9. The maximum absolute atomic E-state index is 13.3. The number of ether oxygens (including phenoxy) is 1. The molecule has 1 heterocycles. The standard InChI is InChI=1S/C30H35N3O4.Rh/c1-22(34)32-17-16-25-7-3-5-9-29(25)37-28-8-4-2-6-24(28)12-15-30(36)33-19-18-31-21-26(33)20-23-10-13-27(35)14-11-23;/h2-11,13-14,26,31,35H,12,15-21H2,1H3,(H,32,34);/t26-;/m1./s1. The number of phenolic OH excluding ortho intramolecular Hbond substituents is 1. The molecule has 38 heavy (non-hydrogen) atoms. The quantitative estimate of drug-likeness (QED) is 0.306. The Morgan fingerprint density at radius 2 is 1.61 bits per heavy atom. The summed E-state index contributed by atoms with van der Waals surface area (Å²) >= 11 is 0. The van der Waals surface area contributed by atoms with Crippen molar-refractivity contribution in [3.63, 3.8) is 0 Å². The molecule has 1 radical (unpaired) electrons. The van der Waals surface area contributed by atoms with Crippen LogP contribution in [-0.4, -0.2) is 54.0 Å². The Morgan fingerprint density at radius 1 is 0.974 bits per heavy atom. The Bertz CT molecular complexity index is 1200. The molecule has 0 bridgehead atoms. The maximum atomic E-state index is 13.3. The van der Waals surface area contributed by atoms with Gasteiger partial charge in [-0.1, -0.05) is 48.5 Å². The van der Waals surface area contributed by atoms with Crippen LogP contribution in [0.25, 0.3) is 0 Å². The number of hydrogen-bond acceptors (Lipinski definition) is 5. The van der Waals surface area contributed by atoms with Crippen molar-refractivity contribution in [3.05, 3.63) is 89.5 Å². The first kappa shape index (κ1) is 29.3. The van der Waals surface area contributed by atoms with E-state index < -0.39 is 0 Å². The molecular formula is C30H35N3O4Rh. The van der Waals surface area contributed by atoms with E-state index in [-0.39, 0.29) is 43.1 Å². The van der Waals surface area contributed by atoms with E-state index in [1.165, 1.54) is 6.92 Å². The molecule has 1 aliphatic rings. The van der Waals surface area contributed by atoms with E-state index in [1.54, 1.807) is 12.1 Å². The number of carbonyl (C=O) groups excluding carboxylic acids is 2. The normalized spacial score (nSPS) is 14.9. The molecular weight excluding hydrogens is 569 g/mol. The predicted molar refractivity (Wildman–Crippen MR) is 144 cm³/mol. The average Bonchev–Trinajstić information content (AvgIpc) is 2.90. The first-order chi connectivity index (χ1) is 18.0. The van der Waals surface area contributed by atoms with Gasteiger partial charge in [-0.05, 0) is 60.2 Å². The molecule has 0 spiro atoms. The molecule has 1 saturated heterocycles. The Labute approximate surface area is 237 Å². The van der Waals surface area contributed by atoms with Crippen LogP contribution in [0.4, 0.5) is 0 Å². The van der Waals surface area contributed by atoms with Gasteiger partial charge in [0.2, 0.25) is 11.8 Å². The molecule has 0 unspecified atom stereocenters. The summed E-state index contributed by atoms with van der Waals surface area (Å²) in [4.78, 5) is 26.5. The van der Waals surface area contributed by atoms with Gasteiger partial charge in [0.05, 0.1) is 0 Å². The van der Waals surface area contributed by atoms with Gasteiger partial charge < -0.3 is 25.4 Å². The summed E-state index contributed by atoms with van der Waals surface area (Å²) in [6.07, 6.45) is 2.39. The molecule has 1 atom stereocenters. The van der Waals surface area contributed by atoms with Crippen molar-refractivity contribution in [1.29, 1.82) is 0 Å². The van der Waals surface area contributed by atoms with Gasteiger partial charge >= 0.3 is 0 Å². The second kappa shape index (κ2) is 14.7. The number of amides is 2. The number of hydrogen-bond donors (Lipinski definition) is 3. The number of aryl methyl sites for hydroxylation is 1. The third-order valence-corrected chi connectivity index (χ3v) is 6.62. The SMILES string of the molecule is CC(=O)NCCc1ccccc1Oc1ccccc1CCC(=O)N1CCNC[C@H]1Cc1ccc(O)cc1.[Rh]. The zero-order chi connectivity index (χ0) is 26.0. The van der Waals surface area contributed by atoms with Crippen LogP contribution in [0, 0.1) is 0 Å². The number of nitrogens with one attached hydrogen (secondary N) is 2. The molecule has 7 nitrogen and oxygen atoms in total. The van der Waals surface area contributed by atoms with E-state index in [9.17, 15) is 14.7 Å². The van der Waals surface area contributed by atoms with Crippen molar-refractivity contribution in [2.45, 2.75) is 38.6 Å². The van der Waals surface area contributed by atoms with Crippen molar-refractivity contribution in [1.82, 2.24) is 15.5 Å². The van der Waals surface area contributed by atoms with Crippen LogP contribution in [0.15, 0.2) is 72.8 Å². The van der Waals surface area contributed by atoms with Crippen molar-refractivity contribution < 1.29 is 38.9 Å². The van der Waals surface area contributed by atoms with Gasteiger partial charge in [0.25, 0.3) is 0 Å². The van der Waals surface area contributed by atoms with Crippen LogP contribution < -0.4 is 15.4 Å². The van der Waals surface area contributed by atoms with Gasteiger partial charge in [0, 0.05) is 65.0 Å². The molecule has 3 aromatic rings. The molecule has 1 fully saturated rings. The van der Waals surface area contributed by atoms with E-state index in [4.69, 9.17) is 4.74 Å². The van der Waals surface area contributed by atoms with E-state index in [0.717, 1.165) is 47.7 Å². The second-order valence-corrected chi connectivity index (χ2v) is 9.37. The monoisotopic (exact) mass is 604 g/mol. The van der Waals surface area contributed by atoms with Gasteiger partial charge in [-0.3, -0.25) is 9.59 Å². The average molecular weight is 605 g/mol.